The number of rotatable bonds is 3. The van der Waals surface area contributed by atoms with Gasteiger partial charge in [0, 0.05) is 5.56 Å². The van der Waals surface area contributed by atoms with E-state index in [1.54, 1.807) is 12.1 Å². The average molecular weight is 208 g/mol. The van der Waals surface area contributed by atoms with Gasteiger partial charge in [0.15, 0.2) is 11.5 Å². The summed E-state index contributed by atoms with van der Waals surface area (Å²) in [6, 6.07) is 3.56. The summed E-state index contributed by atoms with van der Waals surface area (Å²) in [5, 5.41) is 8.76. The van der Waals surface area contributed by atoms with Crippen LogP contribution in [-0.2, 0) is 17.6 Å². The molecule has 0 radical (unpaired) electrons. The summed E-state index contributed by atoms with van der Waals surface area (Å²) in [4.78, 5) is 10.7. The molecule has 1 aromatic rings. The molecule has 4 heteroatoms. The van der Waals surface area contributed by atoms with Crippen LogP contribution in [-0.4, -0.2) is 17.9 Å². The van der Waals surface area contributed by atoms with E-state index >= 15 is 0 Å². The number of hydrogen-bond donors (Lipinski definition) is 1. The average Bonchev–Trinajstić information content (AvgIpc) is 2.64. The van der Waals surface area contributed by atoms with Gasteiger partial charge in [0.2, 0.25) is 6.79 Å². The summed E-state index contributed by atoms with van der Waals surface area (Å²) >= 11 is 0. The summed E-state index contributed by atoms with van der Waals surface area (Å²) < 4.78 is 10.6. The largest absolute Gasteiger partial charge is 0.481 e. The Balaban J connectivity index is 2.43. The zero-order chi connectivity index (χ0) is 10.8. The van der Waals surface area contributed by atoms with E-state index < -0.39 is 5.97 Å². The van der Waals surface area contributed by atoms with Gasteiger partial charge in [-0.2, -0.15) is 0 Å². The van der Waals surface area contributed by atoms with Crippen molar-refractivity contribution in [1.82, 2.24) is 0 Å². The predicted octanol–water partition coefficient (Wildman–Crippen LogP) is 1.60. The lowest BCUT2D eigenvalue weighted by Crippen LogP contribution is -2.04. The molecule has 1 N–H and O–H groups in total. The Morgan fingerprint density at radius 2 is 2.27 bits per heavy atom. The quantitative estimate of drug-likeness (QED) is 0.819. The molecular formula is C11H12O4. The molecule has 0 saturated heterocycles. The smallest absolute Gasteiger partial charge is 0.307 e. The third-order valence-corrected chi connectivity index (χ3v) is 2.43. The van der Waals surface area contributed by atoms with Crippen molar-refractivity contribution in [2.75, 3.05) is 6.79 Å². The van der Waals surface area contributed by atoms with Gasteiger partial charge in [-0.1, -0.05) is 13.0 Å². The van der Waals surface area contributed by atoms with E-state index in [4.69, 9.17) is 14.6 Å². The number of fused-ring (bicyclic) bond motifs is 1. The predicted molar refractivity (Wildman–Crippen MR) is 53.3 cm³/mol. The highest BCUT2D eigenvalue weighted by atomic mass is 16.7. The standard InChI is InChI=1S/C11H12O4/c1-2-8-7(5-10(12)13)3-4-9-11(8)15-6-14-9/h3-4H,2,5-6H2,1H3,(H,12,13). The van der Waals surface area contributed by atoms with Crippen molar-refractivity contribution in [3.63, 3.8) is 0 Å². The Bertz CT molecular complexity index is 398. The van der Waals surface area contributed by atoms with Gasteiger partial charge in [-0.3, -0.25) is 4.79 Å². The maximum atomic E-state index is 10.7. The molecule has 0 spiro atoms. The molecule has 1 aliphatic heterocycles. The SMILES string of the molecule is CCc1c(CC(=O)O)ccc2c1OCO2. The van der Waals surface area contributed by atoms with Gasteiger partial charge in [0.05, 0.1) is 6.42 Å². The molecule has 1 heterocycles. The van der Waals surface area contributed by atoms with E-state index in [9.17, 15) is 4.79 Å². The second-order valence-corrected chi connectivity index (χ2v) is 3.36. The third kappa shape index (κ3) is 1.75. The summed E-state index contributed by atoms with van der Waals surface area (Å²) in [7, 11) is 0. The molecule has 0 aromatic heterocycles. The summed E-state index contributed by atoms with van der Waals surface area (Å²) in [6.45, 7) is 2.20. The minimum atomic E-state index is -0.830. The summed E-state index contributed by atoms with van der Waals surface area (Å²) in [5.41, 5.74) is 1.74. The van der Waals surface area contributed by atoms with Gasteiger partial charge in [-0.25, -0.2) is 0 Å². The van der Waals surface area contributed by atoms with Crippen LogP contribution < -0.4 is 9.47 Å². The van der Waals surface area contributed by atoms with Crippen LogP contribution in [0.15, 0.2) is 12.1 Å². The molecule has 0 unspecified atom stereocenters. The minimum Gasteiger partial charge on any atom is -0.481 e. The maximum absolute atomic E-state index is 10.7. The highest BCUT2D eigenvalue weighted by Gasteiger charge is 2.20. The molecule has 0 bridgehead atoms. The van der Waals surface area contributed by atoms with E-state index in [1.165, 1.54) is 0 Å². The van der Waals surface area contributed by atoms with Crippen molar-refractivity contribution in [2.24, 2.45) is 0 Å². The van der Waals surface area contributed by atoms with E-state index in [-0.39, 0.29) is 13.2 Å². The van der Waals surface area contributed by atoms with E-state index in [2.05, 4.69) is 0 Å². The number of carbonyl (C=O) groups is 1. The zero-order valence-electron chi connectivity index (χ0n) is 8.45. The molecule has 0 fully saturated rings. The maximum Gasteiger partial charge on any atom is 0.307 e. The van der Waals surface area contributed by atoms with Crippen molar-refractivity contribution < 1.29 is 19.4 Å². The van der Waals surface area contributed by atoms with Crippen LogP contribution in [0.2, 0.25) is 0 Å². The molecule has 15 heavy (non-hydrogen) atoms. The Hall–Kier alpha value is -1.71. The Kier molecular flexibility index (Phi) is 2.49. The van der Waals surface area contributed by atoms with Crippen molar-refractivity contribution in [1.29, 1.82) is 0 Å². The number of hydrogen-bond acceptors (Lipinski definition) is 3. The molecule has 0 amide bonds. The fourth-order valence-corrected chi connectivity index (χ4v) is 1.79. The van der Waals surface area contributed by atoms with E-state index in [0.717, 1.165) is 17.5 Å². The molecule has 0 saturated carbocycles. The highest BCUT2D eigenvalue weighted by Crippen LogP contribution is 2.37. The second kappa shape index (κ2) is 3.81. The molecule has 4 nitrogen and oxygen atoms in total. The Labute approximate surface area is 87.4 Å². The van der Waals surface area contributed by atoms with Gasteiger partial charge >= 0.3 is 5.97 Å². The molecule has 1 aromatic carbocycles. The molecule has 0 atom stereocenters. The number of benzene rings is 1. The van der Waals surface area contributed by atoms with Gasteiger partial charge < -0.3 is 14.6 Å². The van der Waals surface area contributed by atoms with Crippen molar-refractivity contribution >= 4 is 5.97 Å². The first-order chi connectivity index (χ1) is 7.22. The van der Waals surface area contributed by atoms with Gasteiger partial charge in [-0.05, 0) is 18.1 Å². The lowest BCUT2D eigenvalue weighted by Gasteiger charge is -2.08. The normalized spacial score (nSPS) is 12.9. The topological polar surface area (TPSA) is 55.8 Å². The number of carboxylic acid groups (broad SMARTS) is 1. The van der Waals surface area contributed by atoms with Crippen molar-refractivity contribution in [3.05, 3.63) is 23.3 Å². The first kappa shape index (κ1) is 9.83. The molecule has 80 valence electrons. The van der Waals surface area contributed by atoms with Crippen LogP contribution in [0.25, 0.3) is 0 Å². The van der Waals surface area contributed by atoms with Crippen LogP contribution in [0.4, 0.5) is 0 Å². The second-order valence-electron chi connectivity index (χ2n) is 3.36. The van der Waals surface area contributed by atoms with Crippen LogP contribution in [0, 0.1) is 0 Å². The van der Waals surface area contributed by atoms with Crippen LogP contribution >= 0.6 is 0 Å². The van der Waals surface area contributed by atoms with E-state index in [0.29, 0.717) is 11.5 Å². The summed E-state index contributed by atoms with van der Waals surface area (Å²) in [5.74, 6) is 0.584. The third-order valence-electron chi connectivity index (χ3n) is 2.43. The van der Waals surface area contributed by atoms with Crippen molar-refractivity contribution in [3.8, 4) is 11.5 Å². The fraction of sp³-hybridized carbons (Fsp3) is 0.364. The van der Waals surface area contributed by atoms with Crippen LogP contribution in [0.1, 0.15) is 18.1 Å². The molecule has 0 aliphatic carbocycles. The zero-order valence-corrected chi connectivity index (χ0v) is 8.45. The minimum absolute atomic E-state index is 0.0276. The Morgan fingerprint density at radius 3 is 2.93 bits per heavy atom. The van der Waals surface area contributed by atoms with Crippen molar-refractivity contribution in [2.45, 2.75) is 19.8 Å². The van der Waals surface area contributed by atoms with Gasteiger partial charge in [-0.15, -0.1) is 0 Å². The molecule has 2 rings (SSSR count). The summed E-state index contributed by atoms with van der Waals surface area (Å²) in [6.07, 6.45) is 0.773. The molecular weight excluding hydrogens is 196 g/mol. The number of carboxylic acids is 1. The van der Waals surface area contributed by atoms with Crippen LogP contribution in [0.5, 0.6) is 11.5 Å². The lowest BCUT2D eigenvalue weighted by molar-refractivity contribution is -0.136. The fourth-order valence-electron chi connectivity index (χ4n) is 1.79. The molecule has 1 aliphatic rings. The first-order valence-electron chi connectivity index (χ1n) is 4.84. The monoisotopic (exact) mass is 208 g/mol. The van der Waals surface area contributed by atoms with Crippen LogP contribution in [0.3, 0.4) is 0 Å². The first-order valence-corrected chi connectivity index (χ1v) is 4.84. The highest BCUT2D eigenvalue weighted by molar-refractivity contribution is 5.72. The van der Waals surface area contributed by atoms with Gasteiger partial charge in [0.25, 0.3) is 0 Å². The van der Waals surface area contributed by atoms with E-state index in [1.807, 2.05) is 6.92 Å². The van der Waals surface area contributed by atoms with Gasteiger partial charge in [0.1, 0.15) is 0 Å². The Morgan fingerprint density at radius 1 is 1.47 bits per heavy atom. The lowest BCUT2D eigenvalue weighted by atomic mass is 10.0. The number of aliphatic carboxylic acids is 1. The number of ether oxygens (including phenoxy) is 2.